The van der Waals surface area contributed by atoms with Crippen LogP contribution in [0.25, 0.3) is 0 Å². The van der Waals surface area contributed by atoms with E-state index in [9.17, 15) is 4.79 Å². The van der Waals surface area contributed by atoms with E-state index in [0.717, 1.165) is 27.8 Å². The lowest BCUT2D eigenvalue weighted by atomic mass is 10.1. The summed E-state index contributed by atoms with van der Waals surface area (Å²) in [7, 11) is 0. The lowest BCUT2D eigenvalue weighted by Gasteiger charge is -2.17. The lowest BCUT2D eigenvalue weighted by molar-refractivity contribution is -0.120. The quantitative estimate of drug-likeness (QED) is 0.790. The third-order valence-corrected chi connectivity index (χ3v) is 5.63. The zero-order valence-corrected chi connectivity index (χ0v) is 13.9. The van der Waals surface area contributed by atoms with Crippen LogP contribution < -0.4 is 5.32 Å². The number of thioether (sulfide) groups is 1. The molecule has 1 amide bonds. The second-order valence-electron chi connectivity index (χ2n) is 5.12. The van der Waals surface area contributed by atoms with Gasteiger partial charge in [-0.1, -0.05) is 42.5 Å². The molecule has 0 spiro atoms. The normalized spacial score (nSPS) is 15.5. The van der Waals surface area contributed by atoms with Crippen molar-refractivity contribution in [3.63, 3.8) is 0 Å². The van der Waals surface area contributed by atoms with E-state index >= 15 is 0 Å². The molecule has 1 aliphatic carbocycles. The molecule has 2 nitrogen and oxygen atoms in total. The summed E-state index contributed by atoms with van der Waals surface area (Å²) in [6, 6.07) is 18.4. The van der Waals surface area contributed by atoms with Gasteiger partial charge in [-0.05, 0) is 46.5 Å². The molecule has 1 fully saturated rings. The predicted octanol–water partition coefficient (Wildman–Crippen LogP) is 4.56. The van der Waals surface area contributed by atoms with E-state index in [1.54, 1.807) is 11.8 Å². The summed E-state index contributed by atoms with van der Waals surface area (Å²) in [5, 5.41) is 2.90. The molecule has 1 N–H and O–H groups in total. The van der Waals surface area contributed by atoms with Crippen LogP contribution in [0.15, 0.2) is 64.0 Å². The summed E-state index contributed by atoms with van der Waals surface area (Å²) >= 11 is 5.14. The van der Waals surface area contributed by atoms with Crippen LogP contribution in [0, 0.1) is 0 Å². The Bertz CT molecular complexity index is 628. The van der Waals surface area contributed by atoms with Crippen LogP contribution in [0.5, 0.6) is 0 Å². The summed E-state index contributed by atoms with van der Waals surface area (Å²) in [6.07, 6.45) is 2.21. The van der Waals surface area contributed by atoms with Crippen LogP contribution in [-0.4, -0.2) is 11.9 Å². The van der Waals surface area contributed by atoms with E-state index in [1.165, 1.54) is 0 Å². The minimum atomic E-state index is -0.217. The highest BCUT2D eigenvalue weighted by atomic mass is 79.9. The molecule has 1 atom stereocenters. The summed E-state index contributed by atoms with van der Waals surface area (Å²) in [5.74, 6) is 0.101. The number of halogens is 1. The van der Waals surface area contributed by atoms with E-state index in [0.29, 0.717) is 6.04 Å². The number of hydrogen-bond acceptors (Lipinski definition) is 2. The minimum Gasteiger partial charge on any atom is -0.352 e. The maximum absolute atomic E-state index is 12.6. The molecule has 1 saturated carbocycles. The van der Waals surface area contributed by atoms with Gasteiger partial charge < -0.3 is 5.32 Å². The van der Waals surface area contributed by atoms with Crippen molar-refractivity contribution >= 4 is 33.6 Å². The van der Waals surface area contributed by atoms with Crippen molar-refractivity contribution in [1.82, 2.24) is 5.32 Å². The average Bonchev–Trinajstić information content (AvgIpc) is 3.31. The van der Waals surface area contributed by atoms with Gasteiger partial charge in [-0.15, -0.1) is 11.8 Å². The molecule has 0 bridgehead atoms. The number of carbonyl (C=O) groups is 1. The highest BCUT2D eigenvalue weighted by molar-refractivity contribution is 9.10. The molecule has 2 aromatic rings. The number of rotatable bonds is 5. The molecule has 1 aliphatic rings. The summed E-state index contributed by atoms with van der Waals surface area (Å²) in [4.78, 5) is 13.6. The second-order valence-corrected chi connectivity index (χ2v) is 7.12. The summed E-state index contributed by atoms with van der Waals surface area (Å²) < 4.78 is 1.02. The van der Waals surface area contributed by atoms with E-state index in [-0.39, 0.29) is 11.2 Å². The second kappa shape index (κ2) is 6.67. The molecule has 0 aliphatic heterocycles. The standard InChI is InChI=1S/C17H16BrNOS/c18-14-8-4-5-9-15(14)21-16(12-6-2-1-3-7-12)17(20)19-13-10-11-13/h1-9,13,16H,10-11H2,(H,19,20). The zero-order valence-electron chi connectivity index (χ0n) is 11.5. The Kier molecular flexibility index (Phi) is 4.66. The number of amides is 1. The van der Waals surface area contributed by atoms with Crippen molar-refractivity contribution in [2.24, 2.45) is 0 Å². The monoisotopic (exact) mass is 361 g/mol. The molecule has 4 heteroatoms. The van der Waals surface area contributed by atoms with Gasteiger partial charge in [0.1, 0.15) is 5.25 Å². The Labute approximate surface area is 137 Å². The highest BCUT2D eigenvalue weighted by Gasteiger charge is 2.29. The smallest absolute Gasteiger partial charge is 0.238 e. The third kappa shape index (κ3) is 3.89. The lowest BCUT2D eigenvalue weighted by Crippen LogP contribution is -2.29. The summed E-state index contributed by atoms with van der Waals surface area (Å²) in [6.45, 7) is 0. The van der Waals surface area contributed by atoms with Gasteiger partial charge in [-0.3, -0.25) is 4.79 Å². The fraction of sp³-hybridized carbons (Fsp3) is 0.235. The van der Waals surface area contributed by atoms with Gasteiger partial charge in [0, 0.05) is 15.4 Å². The van der Waals surface area contributed by atoms with Crippen molar-refractivity contribution in [3.05, 3.63) is 64.6 Å². The summed E-state index contributed by atoms with van der Waals surface area (Å²) in [5.41, 5.74) is 1.04. The maximum atomic E-state index is 12.6. The van der Waals surface area contributed by atoms with Crippen LogP contribution in [0.4, 0.5) is 0 Å². The first kappa shape index (κ1) is 14.7. The topological polar surface area (TPSA) is 29.1 Å². The SMILES string of the molecule is O=C(NC1CC1)C(Sc1ccccc1Br)c1ccccc1. The number of benzene rings is 2. The zero-order chi connectivity index (χ0) is 14.7. The van der Waals surface area contributed by atoms with Gasteiger partial charge in [-0.2, -0.15) is 0 Å². The van der Waals surface area contributed by atoms with Crippen LogP contribution in [0.3, 0.4) is 0 Å². The van der Waals surface area contributed by atoms with Crippen molar-refractivity contribution in [2.75, 3.05) is 0 Å². The Hall–Kier alpha value is -1.26. The number of carbonyl (C=O) groups excluding carboxylic acids is 1. The Morgan fingerprint density at radius 1 is 1.10 bits per heavy atom. The molecule has 0 saturated heterocycles. The first-order valence-electron chi connectivity index (χ1n) is 7.00. The maximum Gasteiger partial charge on any atom is 0.238 e. The van der Waals surface area contributed by atoms with E-state index in [1.807, 2.05) is 54.6 Å². The minimum absolute atomic E-state index is 0.101. The van der Waals surface area contributed by atoms with Crippen LogP contribution in [-0.2, 0) is 4.79 Å². The predicted molar refractivity (Wildman–Crippen MR) is 90.3 cm³/mol. The molecule has 2 aromatic carbocycles. The number of hydrogen-bond donors (Lipinski definition) is 1. The molecular formula is C17H16BrNOS. The first-order chi connectivity index (χ1) is 10.2. The molecule has 3 rings (SSSR count). The first-order valence-corrected chi connectivity index (χ1v) is 8.68. The van der Waals surface area contributed by atoms with E-state index < -0.39 is 0 Å². The fourth-order valence-electron chi connectivity index (χ4n) is 2.07. The van der Waals surface area contributed by atoms with E-state index in [4.69, 9.17) is 0 Å². The molecule has 0 heterocycles. The Morgan fingerprint density at radius 2 is 1.76 bits per heavy atom. The number of nitrogens with one attached hydrogen (secondary N) is 1. The molecule has 1 unspecified atom stereocenters. The van der Waals surface area contributed by atoms with Gasteiger partial charge >= 0.3 is 0 Å². The molecule has 21 heavy (non-hydrogen) atoms. The van der Waals surface area contributed by atoms with Gasteiger partial charge in [0.05, 0.1) is 0 Å². The Balaban J connectivity index is 1.85. The molecule has 0 radical (unpaired) electrons. The molecular weight excluding hydrogens is 346 g/mol. The van der Waals surface area contributed by atoms with Crippen molar-refractivity contribution in [1.29, 1.82) is 0 Å². The fourth-order valence-corrected chi connectivity index (χ4v) is 3.70. The van der Waals surface area contributed by atoms with E-state index in [2.05, 4.69) is 21.2 Å². The highest BCUT2D eigenvalue weighted by Crippen LogP contribution is 2.39. The van der Waals surface area contributed by atoms with Gasteiger partial charge in [0.15, 0.2) is 0 Å². The van der Waals surface area contributed by atoms with Crippen LogP contribution in [0.1, 0.15) is 23.7 Å². The van der Waals surface area contributed by atoms with Crippen LogP contribution in [0.2, 0.25) is 0 Å². The molecule has 0 aromatic heterocycles. The largest absolute Gasteiger partial charge is 0.352 e. The van der Waals surface area contributed by atoms with Gasteiger partial charge in [0.2, 0.25) is 5.91 Å². The Morgan fingerprint density at radius 3 is 2.43 bits per heavy atom. The van der Waals surface area contributed by atoms with Gasteiger partial charge in [-0.25, -0.2) is 0 Å². The average molecular weight is 362 g/mol. The van der Waals surface area contributed by atoms with Crippen molar-refractivity contribution in [2.45, 2.75) is 29.0 Å². The van der Waals surface area contributed by atoms with Crippen LogP contribution >= 0.6 is 27.7 Å². The third-order valence-electron chi connectivity index (χ3n) is 3.35. The van der Waals surface area contributed by atoms with Crippen molar-refractivity contribution < 1.29 is 4.79 Å². The molecule has 108 valence electrons. The van der Waals surface area contributed by atoms with Gasteiger partial charge in [0.25, 0.3) is 0 Å². The van der Waals surface area contributed by atoms with Crippen molar-refractivity contribution in [3.8, 4) is 0 Å².